The molecule has 0 aliphatic heterocycles. The zero-order valence-corrected chi connectivity index (χ0v) is 17.2. The van der Waals surface area contributed by atoms with Gasteiger partial charge in [0, 0.05) is 30.7 Å². The first-order valence-corrected chi connectivity index (χ1v) is 7.97. The molecule has 1 fully saturated rings. The second-order valence-corrected chi connectivity index (χ2v) is 7.04. The smallest absolute Gasteiger partial charge is 0.550 e. The molecule has 132 valence electrons. The van der Waals surface area contributed by atoms with Gasteiger partial charge in [0.05, 0.1) is 18.2 Å². The van der Waals surface area contributed by atoms with Crippen LogP contribution in [0.3, 0.4) is 0 Å². The molecule has 26 heavy (non-hydrogen) atoms. The summed E-state index contributed by atoms with van der Waals surface area (Å²) >= 11 is 0. The molecule has 1 heterocycles. The van der Waals surface area contributed by atoms with Gasteiger partial charge in [0.2, 0.25) is 5.91 Å². The summed E-state index contributed by atoms with van der Waals surface area (Å²) in [5, 5.41) is 18.2. The van der Waals surface area contributed by atoms with Crippen LogP contribution in [-0.4, -0.2) is 21.7 Å². The number of aromatic nitrogens is 2. The van der Waals surface area contributed by atoms with Crippen molar-refractivity contribution < 1.29 is 48.6 Å². The van der Waals surface area contributed by atoms with Crippen LogP contribution < -0.4 is 40.0 Å². The first-order valence-electron chi connectivity index (χ1n) is 7.97. The number of nitrogens with one attached hydrogen (secondary N) is 1. The Morgan fingerprint density at radius 3 is 2.31 bits per heavy atom. The number of aryl methyl sites for hydroxylation is 1. The van der Waals surface area contributed by atoms with Gasteiger partial charge in [-0.25, -0.2) is 4.39 Å². The van der Waals surface area contributed by atoms with Crippen LogP contribution >= 0.6 is 0 Å². The number of carbonyl (C=O) groups is 2. The van der Waals surface area contributed by atoms with Crippen molar-refractivity contribution in [1.82, 2.24) is 15.1 Å². The molecule has 3 atom stereocenters. The molecule has 1 aliphatic carbocycles. The predicted octanol–water partition coefficient (Wildman–Crippen LogP) is -2.21. The average molecular weight is 367 g/mol. The van der Waals surface area contributed by atoms with E-state index in [1.165, 1.54) is 12.1 Å². The standard InChI is InChI=1S/C18H20FN3O3.Na/c1-18(2)13(14(18)17(24)25)16(23)21-15(11-8-20-22(3)9-11)10-4-6-12(19)7-5-10;/h4-9,13-15H,1-3H3,(H,21,23)(H,24,25);/q;+1/p-1/t13-,14+,15?;/m0./s1. The maximum atomic E-state index is 13.2. The molecule has 2 aromatic rings. The Hall–Kier alpha value is -1.70. The van der Waals surface area contributed by atoms with Crippen LogP contribution in [0.5, 0.6) is 0 Å². The maximum absolute atomic E-state index is 13.2. The zero-order valence-electron chi connectivity index (χ0n) is 15.2. The summed E-state index contributed by atoms with van der Waals surface area (Å²) in [6.45, 7) is 3.46. The molecule has 1 unspecified atom stereocenters. The van der Waals surface area contributed by atoms with Crippen LogP contribution in [0.1, 0.15) is 31.0 Å². The Morgan fingerprint density at radius 1 is 1.23 bits per heavy atom. The topological polar surface area (TPSA) is 87.0 Å². The molecular formula is C18H19FN3NaO3. The normalized spacial score (nSPS) is 21.4. The molecule has 0 bridgehead atoms. The van der Waals surface area contributed by atoms with Gasteiger partial charge in [0.25, 0.3) is 0 Å². The minimum Gasteiger partial charge on any atom is -0.550 e. The third-order valence-electron chi connectivity index (χ3n) is 4.91. The number of carboxylic acid groups (broad SMARTS) is 1. The zero-order chi connectivity index (χ0) is 18.4. The molecule has 1 aromatic heterocycles. The number of halogens is 1. The third kappa shape index (κ3) is 3.84. The van der Waals surface area contributed by atoms with Crippen molar-refractivity contribution in [2.24, 2.45) is 24.3 Å². The Kier molecular flexibility index (Phi) is 5.95. The van der Waals surface area contributed by atoms with E-state index < -0.39 is 29.3 Å². The van der Waals surface area contributed by atoms with Crippen LogP contribution in [0.2, 0.25) is 0 Å². The van der Waals surface area contributed by atoms with Crippen molar-refractivity contribution in [3.05, 3.63) is 53.6 Å². The monoisotopic (exact) mass is 367 g/mol. The van der Waals surface area contributed by atoms with Crippen molar-refractivity contribution in [3.8, 4) is 0 Å². The third-order valence-corrected chi connectivity index (χ3v) is 4.91. The second kappa shape index (κ2) is 7.50. The van der Waals surface area contributed by atoms with Gasteiger partial charge in [-0.1, -0.05) is 26.0 Å². The summed E-state index contributed by atoms with van der Waals surface area (Å²) in [6, 6.07) is 5.26. The molecule has 0 radical (unpaired) electrons. The van der Waals surface area contributed by atoms with E-state index in [9.17, 15) is 19.1 Å². The summed E-state index contributed by atoms with van der Waals surface area (Å²) in [4.78, 5) is 23.9. The number of rotatable bonds is 5. The van der Waals surface area contributed by atoms with Crippen LogP contribution in [-0.2, 0) is 16.6 Å². The molecule has 1 N–H and O–H groups in total. The molecule has 1 aromatic carbocycles. The molecule has 8 heteroatoms. The number of nitrogens with zero attached hydrogens (tertiary/aromatic N) is 2. The summed E-state index contributed by atoms with van der Waals surface area (Å²) in [5.41, 5.74) is 0.766. The second-order valence-electron chi connectivity index (χ2n) is 7.04. The molecular weight excluding hydrogens is 348 g/mol. The Bertz CT molecular complexity index is 819. The van der Waals surface area contributed by atoms with Gasteiger partial charge < -0.3 is 15.2 Å². The largest absolute Gasteiger partial charge is 1.00 e. The molecule has 1 aliphatic rings. The predicted molar refractivity (Wildman–Crippen MR) is 85.4 cm³/mol. The van der Waals surface area contributed by atoms with Gasteiger partial charge in [0.1, 0.15) is 5.82 Å². The quantitative estimate of drug-likeness (QED) is 0.607. The minimum atomic E-state index is -1.22. The molecule has 0 saturated heterocycles. The molecule has 3 rings (SSSR count). The van der Waals surface area contributed by atoms with Gasteiger partial charge in [-0.05, 0) is 23.1 Å². The molecule has 0 spiro atoms. The van der Waals surface area contributed by atoms with Gasteiger partial charge >= 0.3 is 29.6 Å². The van der Waals surface area contributed by atoms with E-state index in [0.29, 0.717) is 5.56 Å². The summed E-state index contributed by atoms with van der Waals surface area (Å²) in [6.07, 6.45) is 3.37. The molecule has 1 amide bonds. The number of hydrogen-bond donors (Lipinski definition) is 1. The van der Waals surface area contributed by atoms with Gasteiger partial charge in [0.15, 0.2) is 0 Å². The van der Waals surface area contributed by atoms with E-state index in [1.54, 1.807) is 50.1 Å². The fourth-order valence-electron chi connectivity index (χ4n) is 3.40. The van der Waals surface area contributed by atoms with Crippen LogP contribution in [0.15, 0.2) is 36.7 Å². The van der Waals surface area contributed by atoms with E-state index in [1.807, 2.05) is 0 Å². The van der Waals surface area contributed by atoms with Gasteiger partial charge in [-0.3, -0.25) is 9.48 Å². The number of carbonyl (C=O) groups excluding carboxylic acids is 2. The van der Waals surface area contributed by atoms with E-state index in [-0.39, 0.29) is 41.3 Å². The van der Waals surface area contributed by atoms with Crippen LogP contribution in [0, 0.1) is 23.1 Å². The number of amides is 1. The van der Waals surface area contributed by atoms with Crippen molar-refractivity contribution in [2.45, 2.75) is 19.9 Å². The van der Waals surface area contributed by atoms with Crippen molar-refractivity contribution in [3.63, 3.8) is 0 Å². The average Bonchev–Trinajstić information content (AvgIpc) is 2.88. The number of carboxylic acids is 1. The van der Waals surface area contributed by atoms with Gasteiger partial charge in [-0.15, -0.1) is 0 Å². The van der Waals surface area contributed by atoms with E-state index in [2.05, 4.69) is 10.4 Å². The molecule has 6 nitrogen and oxygen atoms in total. The van der Waals surface area contributed by atoms with Crippen LogP contribution in [0.25, 0.3) is 0 Å². The number of benzene rings is 1. The first kappa shape index (κ1) is 20.6. The Morgan fingerprint density at radius 2 is 1.85 bits per heavy atom. The summed E-state index contributed by atoms with van der Waals surface area (Å²) in [5.74, 6) is -3.42. The van der Waals surface area contributed by atoms with E-state index in [4.69, 9.17) is 0 Å². The maximum Gasteiger partial charge on any atom is 1.00 e. The summed E-state index contributed by atoms with van der Waals surface area (Å²) in [7, 11) is 1.75. The van der Waals surface area contributed by atoms with Crippen molar-refractivity contribution in [1.29, 1.82) is 0 Å². The molecule has 1 saturated carbocycles. The Labute approximate surface area is 173 Å². The fourth-order valence-corrected chi connectivity index (χ4v) is 3.40. The Balaban J connectivity index is 0.00000243. The number of hydrogen-bond acceptors (Lipinski definition) is 4. The van der Waals surface area contributed by atoms with Crippen LogP contribution in [0.4, 0.5) is 4.39 Å². The van der Waals surface area contributed by atoms with E-state index >= 15 is 0 Å². The number of aliphatic carboxylic acids is 1. The van der Waals surface area contributed by atoms with Gasteiger partial charge in [-0.2, -0.15) is 5.10 Å². The van der Waals surface area contributed by atoms with E-state index in [0.717, 1.165) is 5.56 Å². The summed E-state index contributed by atoms with van der Waals surface area (Å²) < 4.78 is 14.8. The first-order chi connectivity index (χ1) is 11.7. The fraction of sp³-hybridized carbons (Fsp3) is 0.389. The van der Waals surface area contributed by atoms with Crippen molar-refractivity contribution in [2.75, 3.05) is 0 Å². The van der Waals surface area contributed by atoms with Crippen molar-refractivity contribution >= 4 is 11.9 Å². The minimum absolute atomic E-state index is 0. The SMILES string of the molecule is Cn1cc(C(NC(=O)[C@@H]2[C@H](C(=O)[O-])C2(C)C)c2ccc(F)cc2)cn1.[Na+].